The highest BCUT2D eigenvalue weighted by molar-refractivity contribution is 6.46. The molecule has 1 fully saturated rings. The van der Waals surface area contributed by atoms with Gasteiger partial charge in [0.15, 0.2) is 0 Å². The van der Waals surface area contributed by atoms with E-state index in [0.29, 0.717) is 30.9 Å². The van der Waals surface area contributed by atoms with Gasteiger partial charge in [-0.3, -0.25) is 9.59 Å². The Morgan fingerprint density at radius 2 is 1.77 bits per heavy atom. The fraction of sp³-hybridized carbons (Fsp3) is 0.333. The Balaban J connectivity index is 2.15. The molecule has 1 aliphatic heterocycles. The van der Waals surface area contributed by atoms with Crippen molar-refractivity contribution in [2.75, 3.05) is 27.4 Å². The lowest BCUT2D eigenvalue weighted by Crippen LogP contribution is -2.31. The summed E-state index contributed by atoms with van der Waals surface area (Å²) in [6.07, 6.45) is 0.583. The molecule has 1 heterocycles. The van der Waals surface area contributed by atoms with Gasteiger partial charge in [-0.25, -0.2) is 0 Å². The number of Topliss-reactive ketones (excluding diaryl/α,β-unsaturated/α-hetero) is 1. The van der Waals surface area contributed by atoms with Gasteiger partial charge >= 0.3 is 0 Å². The zero-order chi connectivity index (χ0) is 21.8. The van der Waals surface area contributed by atoms with Crippen LogP contribution in [0.3, 0.4) is 0 Å². The summed E-state index contributed by atoms with van der Waals surface area (Å²) in [5.74, 6) is -0.764. The van der Waals surface area contributed by atoms with Crippen LogP contribution in [-0.2, 0) is 14.3 Å². The van der Waals surface area contributed by atoms with Gasteiger partial charge in [-0.2, -0.15) is 0 Å². The van der Waals surface area contributed by atoms with E-state index >= 15 is 0 Å². The summed E-state index contributed by atoms with van der Waals surface area (Å²) in [6.45, 7) is 4.60. The molecular weight excluding hydrogens is 382 g/mol. The van der Waals surface area contributed by atoms with Crippen molar-refractivity contribution >= 4 is 17.4 Å². The minimum absolute atomic E-state index is 0.108. The largest absolute Gasteiger partial charge is 0.507 e. The van der Waals surface area contributed by atoms with Gasteiger partial charge in [0.2, 0.25) is 0 Å². The molecule has 0 saturated carbocycles. The lowest BCUT2D eigenvalue weighted by Gasteiger charge is -2.25. The molecule has 1 saturated heterocycles. The Bertz CT molecular complexity index is 978. The SMILES string of the molecule is COCCCN1C(=O)C(=O)/C(=C(/O)c2cc(C)ccc2C)C1c1ccc(OC)cc1. The van der Waals surface area contributed by atoms with E-state index < -0.39 is 17.7 Å². The molecule has 0 aromatic heterocycles. The van der Waals surface area contributed by atoms with E-state index in [2.05, 4.69) is 0 Å². The molecule has 1 unspecified atom stereocenters. The third-order valence-electron chi connectivity index (χ3n) is 5.37. The van der Waals surface area contributed by atoms with Crippen LogP contribution in [0, 0.1) is 13.8 Å². The van der Waals surface area contributed by atoms with Crippen molar-refractivity contribution in [3.63, 3.8) is 0 Å². The summed E-state index contributed by atoms with van der Waals surface area (Å²) in [5.41, 5.74) is 3.19. The summed E-state index contributed by atoms with van der Waals surface area (Å²) in [6, 6.07) is 12.2. The summed E-state index contributed by atoms with van der Waals surface area (Å²) < 4.78 is 10.3. The van der Waals surface area contributed by atoms with Gasteiger partial charge in [0.05, 0.1) is 18.7 Å². The molecule has 0 aliphatic carbocycles. The van der Waals surface area contributed by atoms with Gasteiger partial charge in [-0.15, -0.1) is 0 Å². The average molecular weight is 409 g/mol. The Morgan fingerprint density at radius 3 is 2.40 bits per heavy atom. The van der Waals surface area contributed by atoms with Crippen LogP contribution in [0.4, 0.5) is 0 Å². The predicted molar refractivity (Wildman–Crippen MR) is 114 cm³/mol. The molecule has 2 aromatic carbocycles. The number of carbonyl (C=O) groups excluding carboxylic acids is 2. The van der Waals surface area contributed by atoms with Crippen molar-refractivity contribution in [3.05, 3.63) is 70.3 Å². The van der Waals surface area contributed by atoms with Gasteiger partial charge in [-0.05, 0) is 49.6 Å². The number of hydrogen-bond donors (Lipinski definition) is 1. The monoisotopic (exact) mass is 409 g/mol. The highest BCUT2D eigenvalue weighted by Crippen LogP contribution is 2.40. The molecule has 0 radical (unpaired) electrons. The number of likely N-dealkylation sites (tertiary alicyclic amines) is 1. The Morgan fingerprint density at radius 1 is 1.07 bits per heavy atom. The Labute approximate surface area is 176 Å². The Hall–Kier alpha value is -3.12. The number of ketones is 1. The van der Waals surface area contributed by atoms with Crippen LogP contribution in [0.2, 0.25) is 0 Å². The number of amides is 1. The van der Waals surface area contributed by atoms with Crippen molar-refractivity contribution < 1.29 is 24.2 Å². The second-order valence-corrected chi connectivity index (χ2v) is 7.43. The summed E-state index contributed by atoms with van der Waals surface area (Å²) in [4.78, 5) is 27.4. The fourth-order valence-corrected chi connectivity index (χ4v) is 3.76. The molecule has 0 spiro atoms. The quantitative estimate of drug-likeness (QED) is 0.326. The molecule has 6 heteroatoms. The first-order valence-corrected chi connectivity index (χ1v) is 9.88. The van der Waals surface area contributed by atoms with Gasteiger partial charge in [0.25, 0.3) is 11.7 Å². The van der Waals surface area contributed by atoms with Gasteiger partial charge in [0.1, 0.15) is 11.5 Å². The minimum atomic E-state index is -0.674. The number of ether oxygens (including phenoxy) is 2. The smallest absolute Gasteiger partial charge is 0.295 e. The van der Waals surface area contributed by atoms with Crippen LogP contribution in [-0.4, -0.2) is 49.1 Å². The van der Waals surface area contributed by atoms with Crippen LogP contribution >= 0.6 is 0 Å². The van der Waals surface area contributed by atoms with E-state index in [4.69, 9.17) is 9.47 Å². The van der Waals surface area contributed by atoms with E-state index in [9.17, 15) is 14.7 Å². The van der Waals surface area contributed by atoms with Gasteiger partial charge in [-0.1, -0.05) is 29.8 Å². The van der Waals surface area contributed by atoms with Crippen LogP contribution in [0.25, 0.3) is 5.76 Å². The second kappa shape index (κ2) is 9.13. The number of benzene rings is 2. The van der Waals surface area contributed by atoms with Crippen molar-refractivity contribution in [1.29, 1.82) is 0 Å². The molecule has 1 N–H and O–H groups in total. The summed E-state index contributed by atoms with van der Waals surface area (Å²) in [5, 5.41) is 11.2. The minimum Gasteiger partial charge on any atom is -0.507 e. The number of carbonyl (C=O) groups is 2. The third kappa shape index (κ3) is 4.09. The van der Waals surface area contributed by atoms with Crippen LogP contribution in [0.15, 0.2) is 48.0 Å². The van der Waals surface area contributed by atoms with Crippen molar-refractivity contribution in [2.24, 2.45) is 0 Å². The molecule has 30 heavy (non-hydrogen) atoms. The van der Waals surface area contributed by atoms with E-state index in [1.807, 2.05) is 44.2 Å². The van der Waals surface area contributed by atoms with Crippen LogP contribution < -0.4 is 4.74 Å². The van der Waals surface area contributed by atoms with E-state index in [1.54, 1.807) is 26.4 Å². The molecule has 6 nitrogen and oxygen atoms in total. The lowest BCUT2D eigenvalue weighted by molar-refractivity contribution is -0.140. The predicted octanol–water partition coefficient (Wildman–Crippen LogP) is 3.77. The summed E-state index contributed by atoms with van der Waals surface area (Å²) >= 11 is 0. The number of hydrogen-bond acceptors (Lipinski definition) is 5. The molecule has 1 aliphatic rings. The zero-order valence-corrected chi connectivity index (χ0v) is 17.8. The number of methoxy groups -OCH3 is 2. The van der Waals surface area contributed by atoms with Gasteiger partial charge < -0.3 is 19.5 Å². The normalized spacial score (nSPS) is 18.1. The average Bonchev–Trinajstić information content (AvgIpc) is 3.00. The van der Waals surface area contributed by atoms with Crippen molar-refractivity contribution in [1.82, 2.24) is 4.90 Å². The maximum atomic E-state index is 13.0. The van der Waals surface area contributed by atoms with Crippen LogP contribution in [0.5, 0.6) is 5.75 Å². The second-order valence-electron chi connectivity index (χ2n) is 7.43. The van der Waals surface area contributed by atoms with E-state index in [0.717, 1.165) is 16.7 Å². The van der Waals surface area contributed by atoms with Crippen molar-refractivity contribution in [3.8, 4) is 5.75 Å². The molecule has 1 amide bonds. The molecular formula is C24H27NO5. The maximum Gasteiger partial charge on any atom is 0.295 e. The highest BCUT2D eigenvalue weighted by Gasteiger charge is 2.45. The molecule has 3 rings (SSSR count). The third-order valence-corrected chi connectivity index (χ3v) is 5.37. The molecule has 0 bridgehead atoms. The highest BCUT2D eigenvalue weighted by atomic mass is 16.5. The topological polar surface area (TPSA) is 76.1 Å². The first kappa shape index (κ1) is 21.6. The molecule has 158 valence electrons. The fourth-order valence-electron chi connectivity index (χ4n) is 3.76. The lowest BCUT2D eigenvalue weighted by atomic mass is 9.93. The standard InChI is InChI=1S/C24H27NO5/c1-15-6-7-16(2)19(14-15)22(26)20-21(17-8-10-18(30-4)11-9-17)25(12-5-13-29-3)24(28)23(20)27/h6-11,14,21,26H,5,12-13H2,1-4H3/b22-20+. The Kier molecular flexibility index (Phi) is 6.57. The number of aliphatic hydroxyl groups excluding tert-OH is 1. The van der Waals surface area contributed by atoms with Crippen LogP contribution in [0.1, 0.15) is 34.7 Å². The van der Waals surface area contributed by atoms with E-state index in [-0.39, 0.29) is 11.3 Å². The first-order chi connectivity index (χ1) is 14.4. The van der Waals surface area contributed by atoms with Gasteiger partial charge in [0, 0.05) is 25.8 Å². The van der Waals surface area contributed by atoms with Crippen molar-refractivity contribution in [2.45, 2.75) is 26.3 Å². The molecule has 1 atom stereocenters. The first-order valence-electron chi connectivity index (χ1n) is 9.88. The number of rotatable bonds is 7. The zero-order valence-electron chi connectivity index (χ0n) is 17.8. The number of aliphatic hydroxyl groups is 1. The number of nitrogens with zero attached hydrogens (tertiary/aromatic N) is 1. The molecule has 2 aromatic rings. The maximum absolute atomic E-state index is 13.0. The summed E-state index contributed by atoms with van der Waals surface area (Å²) in [7, 11) is 3.17. The number of aryl methyl sites for hydroxylation is 2. The van der Waals surface area contributed by atoms with E-state index in [1.165, 1.54) is 4.90 Å².